The van der Waals surface area contributed by atoms with Crippen LogP contribution in [0.5, 0.6) is 0 Å². The van der Waals surface area contributed by atoms with Crippen LogP contribution in [0.1, 0.15) is 124 Å². The lowest BCUT2D eigenvalue weighted by molar-refractivity contribution is -0.0715. The van der Waals surface area contributed by atoms with Gasteiger partial charge in [-0.3, -0.25) is 14.3 Å². The highest BCUT2D eigenvalue weighted by atomic mass is 28.4. The summed E-state index contributed by atoms with van der Waals surface area (Å²) >= 11 is 0. The topological polar surface area (TPSA) is 104 Å². The molecule has 4 atom stereocenters. The van der Waals surface area contributed by atoms with Gasteiger partial charge in [-0.05, 0) is 31.0 Å². The molecule has 2 heterocycles. The molecular weight excluding hydrogens is 550 g/mol. The van der Waals surface area contributed by atoms with Crippen molar-refractivity contribution in [1.29, 1.82) is 0 Å². The minimum Gasteiger partial charge on any atom is -0.408 e. The summed E-state index contributed by atoms with van der Waals surface area (Å²) in [6.07, 6.45) is 19.2. The van der Waals surface area contributed by atoms with Crippen molar-refractivity contribution in [2.24, 2.45) is 5.16 Å². The van der Waals surface area contributed by atoms with Crippen LogP contribution < -0.4 is 11.2 Å². The lowest BCUT2D eigenvalue weighted by atomic mass is 10.0. The van der Waals surface area contributed by atoms with E-state index in [2.05, 4.69) is 50.9 Å². The largest absolute Gasteiger partial charge is 0.408 e. The fourth-order valence-electron chi connectivity index (χ4n) is 5.08. The van der Waals surface area contributed by atoms with Gasteiger partial charge in [0.25, 0.3) is 5.56 Å². The van der Waals surface area contributed by atoms with Crippen LogP contribution >= 0.6 is 0 Å². The SMILES string of the molecule is CCCCCCCCCCCCCCCC=NOC[C@H]1O[C@@H](n2ccc(=O)[nH]c2=O)C(OC)C1O[Si](C)(C)C(C)(C)C. The predicted molar refractivity (Wildman–Crippen MR) is 173 cm³/mol. The summed E-state index contributed by atoms with van der Waals surface area (Å²) in [5.74, 6) is 0. The molecule has 0 aliphatic carbocycles. The molecule has 1 fully saturated rings. The number of aromatic nitrogens is 2. The first kappa shape index (κ1) is 36.4. The maximum absolute atomic E-state index is 12.6. The van der Waals surface area contributed by atoms with Crippen LogP contribution in [0.3, 0.4) is 0 Å². The average molecular weight is 610 g/mol. The highest BCUT2D eigenvalue weighted by Crippen LogP contribution is 2.41. The van der Waals surface area contributed by atoms with Crippen LogP contribution in [0, 0.1) is 0 Å². The van der Waals surface area contributed by atoms with Crippen molar-refractivity contribution >= 4 is 14.5 Å². The number of H-pyrrole nitrogens is 1. The zero-order chi connectivity index (χ0) is 31.0. The Bertz CT molecular complexity index is 1020. The second-order valence-corrected chi connectivity index (χ2v) is 18.0. The van der Waals surface area contributed by atoms with Crippen molar-refractivity contribution in [1.82, 2.24) is 9.55 Å². The molecule has 0 spiro atoms. The standard InChI is InChI=1S/C32H59N3O6Si/c1-8-9-10-11-12-13-14-15-16-17-18-19-20-21-23-33-39-25-26-28(41-42(6,7)32(2,3)4)29(38-5)30(40-26)35-24-22-27(36)34-31(35)37/h22-24,26,28-30H,8-21,25H2,1-7H3,(H,34,36,37)/t26-,28?,29?,30-/m1/s1. The van der Waals surface area contributed by atoms with E-state index in [1.807, 2.05) is 6.21 Å². The fourth-order valence-corrected chi connectivity index (χ4v) is 6.40. The van der Waals surface area contributed by atoms with Gasteiger partial charge in [0, 0.05) is 25.6 Å². The van der Waals surface area contributed by atoms with Gasteiger partial charge in [0.2, 0.25) is 0 Å². The maximum atomic E-state index is 12.6. The van der Waals surface area contributed by atoms with E-state index in [1.54, 1.807) is 7.11 Å². The molecule has 1 aliphatic heterocycles. The van der Waals surface area contributed by atoms with E-state index in [0.29, 0.717) is 0 Å². The van der Waals surface area contributed by atoms with E-state index < -0.39 is 44.1 Å². The molecule has 10 heteroatoms. The van der Waals surface area contributed by atoms with Crippen LogP contribution in [0.15, 0.2) is 27.0 Å². The van der Waals surface area contributed by atoms with Gasteiger partial charge in [-0.2, -0.15) is 0 Å². The summed E-state index contributed by atoms with van der Waals surface area (Å²) in [4.78, 5) is 32.1. The van der Waals surface area contributed by atoms with Crippen molar-refractivity contribution < 1.29 is 18.7 Å². The normalized spacial score (nSPS) is 21.4. The molecule has 0 amide bonds. The highest BCUT2D eigenvalue weighted by Gasteiger charge is 2.51. The van der Waals surface area contributed by atoms with Gasteiger partial charge in [-0.1, -0.05) is 110 Å². The van der Waals surface area contributed by atoms with Crippen LogP contribution in [0.4, 0.5) is 0 Å². The summed E-state index contributed by atoms with van der Waals surface area (Å²) in [5.41, 5.74) is -1.02. The quantitative estimate of drug-likeness (QED) is 0.0678. The van der Waals surface area contributed by atoms with Crippen LogP contribution in [-0.4, -0.2) is 56.1 Å². The van der Waals surface area contributed by atoms with E-state index in [0.717, 1.165) is 12.8 Å². The van der Waals surface area contributed by atoms with E-state index in [-0.39, 0.29) is 11.6 Å². The third kappa shape index (κ3) is 12.1. The zero-order valence-electron chi connectivity index (χ0n) is 27.5. The lowest BCUT2D eigenvalue weighted by Gasteiger charge is -2.40. The monoisotopic (exact) mass is 609 g/mol. The molecule has 242 valence electrons. The van der Waals surface area contributed by atoms with E-state index >= 15 is 0 Å². The third-order valence-corrected chi connectivity index (χ3v) is 13.2. The van der Waals surface area contributed by atoms with E-state index in [1.165, 1.54) is 93.9 Å². The van der Waals surface area contributed by atoms with E-state index in [9.17, 15) is 9.59 Å². The van der Waals surface area contributed by atoms with Gasteiger partial charge >= 0.3 is 5.69 Å². The summed E-state index contributed by atoms with van der Waals surface area (Å²) in [6, 6.07) is 1.30. The summed E-state index contributed by atoms with van der Waals surface area (Å²) in [5, 5.41) is 4.15. The molecule has 1 aromatic rings. The smallest absolute Gasteiger partial charge is 0.330 e. The van der Waals surface area contributed by atoms with Crippen molar-refractivity contribution in [3.63, 3.8) is 0 Å². The zero-order valence-corrected chi connectivity index (χ0v) is 28.5. The second-order valence-electron chi connectivity index (χ2n) is 13.2. The van der Waals surface area contributed by atoms with Gasteiger partial charge in [0.15, 0.2) is 14.5 Å². The minimum absolute atomic E-state index is 0.0321. The first-order chi connectivity index (χ1) is 20.0. The minimum atomic E-state index is -2.21. The van der Waals surface area contributed by atoms with Crippen LogP contribution in [0.2, 0.25) is 18.1 Å². The first-order valence-corrected chi connectivity index (χ1v) is 19.2. The Balaban J connectivity index is 1.79. The molecule has 1 aromatic heterocycles. The summed E-state index contributed by atoms with van der Waals surface area (Å²) in [7, 11) is -0.635. The van der Waals surface area contributed by atoms with Gasteiger partial charge in [-0.25, -0.2) is 4.79 Å². The Hall–Kier alpha value is -1.75. The van der Waals surface area contributed by atoms with Crippen LogP contribution in [-0.2, 0) is 18.7 Å². The summed E-state index contributed by atoms with van der Waals surface area (Å²) < 4.78 is 20.2. The molecule has 9 nitrogen and oxygen atoms in total. The number of methoxy groups -OCH3 is 1. The molecule has 1 N–H and O–H groups in total. The van der Waals surface area contributed by atoms with Crippen molar-refractivity contribution in [2.45, 2.75) is 160 Å². The van der Waals surface area contributed by atoms with Crippen LogP contribution in [0.25, 0.3) is 0 Å². The van der Waals surface area contributed by atoms with Gasteiger partial charge in [0.05, 0.1) is 0 Å². The predicted octanol–water partition coefficient (Wildman–Crippen LogP) is 7.32. The molecule has 1 aliphatic rings. The first-order valence-electron chi connectivity index (χ1n) is 16.3. The highest BCUT2D eigenvalue weighted by molar-refractivity contribution is 6.74. The van der Waals surface area contributed by atoms with Crippen molar-refractivity contribution in [3.05, 3.63) is 33.1 Å². The third-order valence-electron chi connectivity index (χ3n) is 8.74. The Morgan fingerprint density at radius 3 is 2.05 bits per heavy atom. The van der Waals surface area contributed by atoms with Gasteiger partial charge in [0.1, 0.15) is 24.9 Å². The van der Waals surface area contributed by atoms with Gasteiger partial charge < -0.3 is 18.7 Å². The molecule has 1 saturated heterocycles. The second kappa shape index (κ2) is 18.8. The Morgan fingerprint density at radius 1 is 0.952 bits per heavy atom. The molecule has 0 radical (unpaired) electrons. The number of aromatic amines is 1. The Kier molecular flexibility index (Phi) is 16.3. The molecule has 0 bridgehead atoms. The number of rotatable bonds is 21. The van der Waals surface area contributed by atoms with E-state index in [4.69, 9.17) is 18.7 Å². The molecule has 0 saturated carbocycles. The number of nitrogens with one attached hydrogen (secondary N) is 1. The number of oxime groups is 1. The fraction of sp³-hybridized carbons (Fsp3) is 0.844. The number of nitrogens with zero attached hydrogens (tertiary/aromatic N) is 2. The Labute approximate surface area is 254 Å². The molecule has 2 unspecified atom stereocenters. The molecule has 0 aromatic carbocycles. The molecule has 2 rings (SSSR count). The lowest BCUT2D eigenvalue weighted by Crippen LogP contribution is -2.50. The van der Waals surface area contributed by atoms with Crippen molar-refractivity contribution in [3.8, 4) is 0 Å². The number of hydrogen-bond acceptors (Lipinski definition) is 7. The summed E-state index contributed by atoms with van der Waals surface area (Å²) in [6.45, 7) is 13.3. The molecular formula is C32H59N3O6Si. The maximum Gasteiger partial charge on any atom is 0.330 e. The number of unbranched alkanes of at least 4 members (excludes halogenated alkanes) is 13. The Morgan fingerprint density at radius 2 is 1.52 bits per heavy atom. The van der Waals surface area contributed by atoms with Crippen molar-refractivity contribution in [2.75, 3.05) is 13.7 Å². The molecule has 42 heavy (non-hydrogen) atoms. The average Bonchev–Trinajstić information content (AvgIpc) is 3.25. The number of ether oxygens (including phenoxy) is 2. The number of hydrogen-bond donors (Lipinski definition) is 1. The van der Waals surface area contributed by atoms with Gasteiger partial charge in [-0.15, -0.1) is 0 Å².